The summed E-state index contributed by atoms with van der Waals surface area (Å²) in [6.45, 7) is 5.59. The molecule has 0 radical (unpaired) electrons. The van der Waals surface area contributed by atoms with Crippen molar-refractivity contribution in [3.8, 4) is 0 Å². The van der Waals surface area contributed by atoms with Crippen molar-refractivity contribution in [1.29, 1.82) is 0 Å². The Morgan fingerprint density at radius 1 is 1.07 bits per heavy atom. The number of phosphoric acid groups is 1. The van der Waals surface area contributed by atoms with Crippen LogP contribution in [0.2, 0.25) is 0 Å². The van der Waals surface area contributed by atoms with Gasteiger partial charge in [0.1, 0.15) is 6.23 Å². The molecule has 264 valence electrons. The molecule has 1 aromatic heterocycles. The first-order valence-corrected chi connectivity index (χ1v) is 19.7. The summed E-state index contributed by atoms with van der Waals surface area (Å²) in [7, 11) is -4.48. The highest BCUT2D eigenvalue weighted by atomic mass is 32.2. The van der Waals surface area contributed by atoms with Gasteiger partial charge in [0.25, 0.3) is 5.56 Å². The maximum atomic E-state index is 12.6. The van der Waals surface area contributed by atoms with E-state index >= 15 is 0 Å². The number of rotatable bonds is 27. The van der Waals surface area contributed by atoms with E-state index in [9.17, 15) is 19.0 Å². The Labute approximate surface area is 277 Å². The number of unbranched alkanes of at least 4 members (excludes halogenated alkanes) is 13. The van der Waals surface area contributed by atoms with E-state index in [4.69, 9.17) is 24.1 Å². The fraction of sp³-hybridized carbons (Fsp3) is 0.871. The molecule has 1 aromatic rings. The Morgan fingerprint density at radius 2 is 1.67 bits per heavy atom. The van der Waals surface area contributed by atoms with Crippen molar-refractivity contribution in [1.82, 2.24) is 9.55 Å². The van der Waals surface area contributed by atoms with Gasteiger partial charge in [0.2, 0.25) is 0 Å². The number of azide groups is 1. The number of aryl methyl sites for hydroxylation is 1. The molecule has 2 heterocycles. The lowest BCUT2D eigenvalue weighted by Crippen LogP contribution is -2.33. The van der Waals surface area contributed by atoms with Crippen LogP contribution in [0.3, 0.4) is 0 Å². The van der Waals surface area contributed by atoms with E-state index in [1.54, 1.807) is 18.7 Å². The van der Waals surface area contributed by atoms with Gasteiger partial charge in [-0.05, 0) is 31.6 Å². The highest BCUT2D eigenvalue weighted by Crippen LogP contribution is 2.45. The number of hydrogen-bond donors (Lipinski definition) is 2. The van der Waals surface area contributed by atoms with Gasteiger partial charge in [0.15, 0.2) is 0 Å². The topological polar surface area (TPSA) is 178 Å². The average molecular weight is 690 g/mol. The van der Waals surface area contributed by atoms with E-state index < -0.39 is 44.1 Å². The van der Waals surface area contributed by atoms with Crippen LogP contribution >= 0.6 is 19.6 Å². The van der Waals surface area contributed by atoms with Crippen molar-refractivity contribution in [2.45, 2.75) is 142 Å². The van der Waals surface area contributed by atoms with Gasteiger partial charge in [-0.25, -0.2) is 9.36 Å². The minimum Gasteiger partial charge on any atom is -0.375 e. The Balaban J connectivity index is 1.63. The molecular formula is C31H56N5O8PS. The zero-order valence-electron chi connectivity index (χ0n) is 28.0. The molecule has 0 bridgehead atoms. The van der Waals surface area contributed by atoms with Crippen LogP contribution in [0.1, 0.15) is 122 Å². The molecule has 1 aliphatic heterocycles. The highest BCUT2D eigenvalue weighted by molar-refractivity contribution is 7.99. The summed E-state index contributed by atoms with van der Waals surface area (Å²) in [6, 6.07) is -0.767. The zero-order chi connectivity index (χ0) is 33.6. The summed E-state index contributed by atoms with van der Waals surface area (Å²) >= 11 is 1.74. The van der Waals surface area contributed by atoms with Crippen molar-refractivity contribution >= 4 is 19.6 Å². The first kappa shape index (κ1) is 40.5. The number of phosphoric ester groups is 1. The average Bonchev–Trinajstić information content (AvgIpc) is 3.43. The SMILES string of the molecule is CCCCCCCCCCCCCCCCSCC(COP(=O)(O)OC[C@H]1O[C@@H](n2cc(C)c(=O)[nH]c2=O)CC1N=[N+]=[N-])OCC. The second-order valence-corrected chi connectivity index (χ2v) is 14.5. The number of nitrogens with one attached hydrogen (secondary N) is 1. The van der Waals surface area contributed by atoms with Crippen LogP contribution in [0.5, 0.6) is 0 Å². The largest absolute Gasteiger partial charge is 0.472 e. The number of aromatic nitrogens is 2. The molecule has 2 N–H and O–H groups in total. The number of ether oxygens (including phenoxy) is 2. The van der Waals surface area contributed by atoms with Gasteiger partial charge in [-0.15, -0.1) is 0 Å². The first-order chi connectivity index (χ1) is 22.2. The third-order valence-electron chi connectivity index (χ3n) is 8.03. The van der Waals surface area contributed by atoms with E-state index in [1.807, 2.05) is 6.92 Å². The summed E-state index contributed by atoms with van der Waals surface area (Å²) in [5.74, 6) is 1.62. The quantitative estimate of drug-likeness (QED) is 0.0310. The van der Waals surface area contributed by atoms with Crippen LogP contribution < -0.4 is 11.2 Å². The van der Waals surface area contributed by atoms with E-state index in [1.165, 1.54) is 94.2 Å². The predicted octanol–water partition coefficient (Wildman–Crippen LogP) is 7.56. The van der Waals surface area contributed by atoms with E-state index in [2.05, 4.69) is 21.9 Å². The standard InChI is InChI=1S/C31H56N5O8PS/c1-4-6-7-8-9-10-11-12-13-14-15-16-17-18-19-46-24-26(41-5-2)22-42-45(39,40)43-23-28-27(34-35-32)20-29(44-28)36-21-25(3)30(37)33-31(36)38/h21,26-29H,4-20,22-24H2,1-3H3,(H,39,40)(H,33,37,38)/t26?,27?,28-,29-/m1/s1. The molecule has 5 atom stereocenters. The van der Waals surface area contributed by atoms with Gasteiger partial charge in [0.05, 0.1) is 31.5 Å². The molecule has 1 fully saturated rings. The van der Waals surface area contributed by atoms with Crippen molar-refractivity contribution in [2.75, 3.05) is 31.3 Å². The molecular weight excluding hydrogens is 633 g/mol. The normalized spacial score (nSPS) is 20.0. The van der Waals surface area contributed by atoms with E-state index in [0.717, 1.165) is 12.2 Å². The summed E-state index contributed by atoms with van der Waals surface area (Å²) in [5.41, 5.74) is 8.09. The van der Waals surface area contributed by atoms with Crippen molar-refractivity contribution in [3.63, 3.8) is 0 Å². The molecule has 0 aliphatic carbocycles. The summed E-state index contributed by atoms with van der Waals surface area (Å²) in [5, 5.41) is 3.70. The van der Waals surface area contributed by atoms with Crippen molar-refractivity contribution < 1.29 is 28.0 Å². The number of nitrogens with zero attached hydrogens (tertiary/aromatic N) is 4. The van der Waals surface area contributed by atoms with Crippen LogP contribution in [-0.2, 0) is 23.1 Å². The van der Waals surface area contributed by atoms with Gasteiger partial charge < -0.3 is 14.4 Å². The minimum atomic E-state index is -4.48. The number of thioether (sulfide) groups is 1. The molecule has 13 nitrogen and oxygen atoms in total. The maximum Gasteiger partial charge on any atom is 0.472 e. The van der Waals surface area contributed by atoms with Crippen molar-refractivity contribution in [3.05, 3.63) is 43.0 Å². The minimum absolute atomic E-state index is 0.114. The van der Waals surface area contributed by atoms with Crippen LogP contribution in [0, 0.1) is 6.92 Å². The molecule has 1 aliphatic rings. The lowest BCUT2D eigenvalue weighted by Gasteiger charge is -2.21. The van der Waals surface area contributed by atoms with Crippen molar-refractivity contribution in [2.24, 2.45) is 5.11 Å². The summed E-state index contributed by atoms with van der Waals surface area (Å²) < 4.78 is 35.8. The molecule has 0 amide bonds. The highest BCUT2D eigenvalue weighted by Gasteiger charge is 2.38. The molecule has 0 saturated carbocycles. The van der Waals surface area contributed by atoms with Gasteiger partial charge in [-0.1, -0.05) is 95.5 Å². The third-order valence-corrected chi connectivity index (χ3v) is 10.2. The zero-order valence-corrected chi connectivity index (χ0v) is 29.7. The first-order valence-electron chi connectivity index (χ1n) is 17.0. The summed E-state index contributed by atoms with van der Waals surface area (Å²) in [6.07, 6.45) is 17.9. The summed E-state index contributed by atoms with van der Waals surface area (Å²) in [4.78, 5) is 39.3. The Morgan fingerprint density at radius 3 is 2.26 bits per heavy atom. The molecule has 2 rings (SSSR count). The van der Waals surface area contributed by atoms with Crippen LogP contribution in [0.4, 0.5) is 0 Å². The Hall–Kier alpha value is -1.63. The molecule has 15 heteroatoms. The lowest BCUT2D eigenvalue weighted by molar-refractivity contribution is -0.0311. The van der Waals surface area contributed by atoms with Gasteiger partial charge in [-0.3, -0.25) is 23.4 Å². The molecule has 1 saturated heterocycles. The lowest BCUT2D eigenvalue weighted by atomic mass is 10.0. The number of hydrogen-bond acceptors (Lipinski definition) is 9. The molecule has 0 aromatic carbocycles. The van der Waals surface area contributed by atoms with E-state index in [0.29, 0.717) is 17.9 Å². The van der Waals surface area contributed by atoms with E-state index in [-0.39, 0.29) is 19.1 Å². The third kappa shape index (κ3) is 16.5. The smallest absolute Gasteiger partial charge is 0.375 e. The van der Waals surface area contributed by atoms with Crippen LogP contribution in [0.15, 0.2) is 20.9 Å². The maximum absolute atomic E-state index is 12.6. The Bertz CT molecular complexity index is 1190. The fourth-order valence-electron chi connectivity index (χ4n) is 5.40. The van der Waals surface area contributed by atoms with Crippen LogP contribution in [0.25, 0.3) is 10.4 Å². The number of H-pyrrole nitrogens is 1. The second kappa shape index (κ2) is 23.7. The van der Waals surface area contributed by atoms with Gasteiger partial charge >= 0.3 is 13.5 Å². The molecule has 3 unspecified atom stereocenters. The Kier molecular flexibility index (Phi) is 20.9. The van der Waals surface area contributed by atoms with Gasteiger partial charge in [0, 0.05) is 35.5 Å². The number of aromatic amines is 1. The monoisotopic (exact) mass is 689 g/mol. The predicted molar refractivity (Wildman–Crippen MR) is 182 cm³/mol. The molecule has 0 spiro atoms. The fourth-order valence-corrected chi connectivity index (χ4v) is 7.19. The second-order valence-electron chi connectivity index (χ2n) is 11.9. The molecule has 46 heavy (non-hydrogen) atoms. The van der Waals surface area contributed by atoms with Crippen LogP contribution in [-0.4, -0.2) is 64.0 Å². The van der Waals surface area contributed by atoms with Gasteiger partial charge in [-0.2, -0.15) is 11.8 Å².